The van der Waals surface area contributed by atoms with Gasteiger partial charge in [-0.15, -0.1) is 0 Å². The lowest BCUT2D eigenvalue weighted by Gasteiger charge is -2.15. The number of rotatable bonds is 2. The summed E-state index contributed by atoms with van der Waals surface area (Å²) in [6, 6.07) is 10.8. The first-order valence-electron chi connectivity index (χ1n) is 6.61. The summed E-state index contributed by atoms with van der Waals surface area (Å²) < 4.78 is 9.63. The van der Waals surface area contributed by atoms with Gasteiger partial charge in [-0.2, -0.15) is 0 Å². The molecular formula is C16H15NO4. The molecule has 0 unspecified atom stereocenters. The van der Waals surface area contributed by atoms with E-state index in [0.29, 0.717) is 0 Å². The van der Waals surface area contributed by atoms with Crippen molar-refractivity contribution in [3.63, 3.8) is 0 Å². The number of carbonyl (C=O) groups excluding carboxylic acids is 2. The van der Waals surface area contributed by atoms with Crippen molar-refractivity contribution in [2.24, 2.45) is 0 Å². The molecule has 0 aromatic heterocycles. The van der Waals surface area contributed by atoms with E-state index in [-0.39, 0.29) is 0 Å². The van der Waals surface area contributed by atoms with E-state index in [0.717, 1.165) is 22.0 Å². The fraction of sp³-hybridized carbons (Fsp3) is 0.250. The molecule has 0 spiro atoms. The third-order valence-corrected chi connectivity index (χ3v) is 3.84. The van der Waals surface area contributed by atoms with Crippen LogP contribution in [0.5, 0.6) is 0 Å². The van der Waals surface area contributed by atoms with Crippen LogP contribution in [0.25, 0.3) is 10.8 Å². The Hall–Kier alpha value is -2.56. The first kappa shape index (κ1) is 13.4. The van der Waals surface area contributed by atoms with Gasteiger partial charge in [0, 0.05) is 11.1 Å². The van der Waals surface area contributed by atoms with Gasteiger partial charge in [0.2, 0.25) is 0 Å². The van der Waals surface area contributed by atoms with Crippen LogP contribution in [0.1, 0.15) is 11.5 Å². The number of hydrogen-bond donors (Lipinski definition) is 1. The second-order valence-corrected chi connectivity index (χ2v) is 4.90. The molecule has 1 heterocycles. The van der Waals surface area contributed by atoms with E-state index >= 15 is 0 Å². The molecule has 1 N–H and O–H groups in total. The zero-order valence-corrected chi connectivity index (χ0v) is 11.8. The van der Waals surface area contributed by atoms with Gasteiger partial charge in [0.15, 0.2) is 0 Å². The molecule has 1 aliphatic rings. The van der Waals surface area contributed by atoms with Crippen molar-refractivity contribution in [1.29, 1.82) is 0 Å². The molecule has 5 nitrogen and oxygen atoms in total. The minimum absolute atomic E-state index is 0.452. The quantitative estimate of drug-likeness (QED) is 0.856. The van der Waals surface area contributed by atoms with Gasteiger partial charge < -0.3 is 14.8 Å². The van der Waals surface area contributed by atoms with Crippen molar-refractivity contribution in [2.75, 3.05) is 19.5 Å². The largest absolute Gasteiger partial charge is 0.468 e. The Kier molecular flexibility index (Phi) is 3.25. The molecule has 3 rings (SSSR count). The van der Waals surface area contributed by atoms with Gasteiger partial charge in [0.1, 0.15) is 12.0 Å². The number of hydrogen-bond acceptors (Lipinski definition) is 5. The third kappa shape index (κ3) is 2.01. The Morgan fingerprint density at radius 3 is 2.43 bits per heavy atom. The molecule has 0 radical (unpaired) electrons. The standard InChI is InChI=1S/C16H15NO4/c1-20-15(18)12-11-8-7-9-5-3-4-6-10(9)13(11)17-14(12)16(19)21-2/h3-8,12,14,17H,1-2H3/t12-,14+/m1/s1. The molecule has 21 heavy (non-hydrogen) atoms. The van der Waals surface area contributed by atoms with E-state index in [1.54, 1.807) is 0 Å². The topological polar surface area (TPSA) is 64.6 Å². The molecule has 1 aliphatic heterocycles. The van der Waals surface area contributed by atoms with Gasteiger partial charge in [-0.25, -0.2) is 4.79 Å². The van der Waals surface area contributed by atoms with E-state index in [1.165, 1.54) is 14.2 Å². The van der Waals surface area contributed by atoms with Gasteiger partial charge >= 0.3 is 11.9 Å². The SMILES string of the molecule is COC(=O)[C@H]1Nc2c(ccc3ccccc23)[C@H]1C(=O)OC. The monoisotopic (exact) mass is 285 g/mol. The molecular weight excluding hydrogens is 270 g/mol. The van der Waals surface area contributed by atoms with Crippen LogP contribution in [0, 0.1) is 0 Å². The van der Waals surface area contributed by atoms with Crippen LogP contribution in [-0.4, -0.2) is 32.2 Å². The molecule has 0 saturated heterocycles. The smallest absolute Gasteiger partial charge is 0.329 e. The highest BCUT2D eigenvalue weighted by Crippen LogP contribution is 2.41. The average molecular weight is 285 g/mol. The van der Waals surface area contributed by atoms with Crippen LogP contribution in [0.15, 0.2) is 36.4 Å². The fourth-order valence-corrected chi connectivity index (χ4v) is 2.84. The molecule has 2 aromatic rings. The lowest BCUT2D eigenvalue weighted by Crippen LogP contribution is -2.35. The van der Waals surface area contributed by atoms with Crippen molar-refractivity contribution in [2.45, 2.75) is 12.0 Å². The maximum Gasteiger partial charge on any atom is 0.329 e. The van der Waals surface area contributed by atoms with Crippen molar-refractivity contribution in [3.05, 3.63) is 42.0 Å². The summed E-state index contributed by atoms with van der Waals surface area (Å²) in [5.41, 5.74) is 1.55. The first-order chi connectivity index (χ1) is 10.2. The van der Waals surface area contributed by atoms with Crippen molar-refractivity contribution < 1.29 is 19.1 Å². The summed E-state index contributed by atoms with van der Waals surface area (Å²) >= 11 is 0. The number of nitrogens with one attached hydrogen (secondary N) is 1. The summed E-state index contributed by atoms with van der Waals surface area (Å²) in [5, 5.41) is 5.13. The van der Waals surface area contributed by atoms with E-state index < -0.39 is 23.9 Å². The Morgan fingerprint density at radius 1 is 1.00 bits per heavy atom. The summed E-state index contributed by atoms with van der Waals surface area (Å²) in [7, 11) is 2.62. The summed E-state index contributed by atoms with van der Waals surface area (Å²) in [6.07, 6.45) is 0. The van der Waals surface area contributed by atoms with Crippen molar-refractivity contribution >= 4 is 28.4 Å². The Labute approximate surface area is 121 Å². The Balaban J connectivity index is 2.17. The van der Waals surface area contributed by atoms with Crippen LogP contribution in [0.3, 0.4) is 0 Å². The molecule has 0 bridgehead atoms. The van der Waals surface area contributed by atoms with E-state index in [4.69, 9.17) is 9.47 Å². The minimum atomic E-state index is -0.761. The van der Waals surface area contributed by atoms with Crippen LogP contribution in [0.4, 0.5) is 5.69 Å². The first-order valence-corrected chi connectivity index (χ1v) is 6.61. The van der Waals surface area contributed by atoms with E-state index in [9.17, 15) is 9.59 Å². The lowest BCUT2D eigenvalue weighted by atomic mass is 9.93. The number of benzene rings is 2. The maximum atomic E-state index is 12.1. The van der Waals surface area contributed by atoms with E-state index in [1.807, 2.05) is 36.4 Å². The third-order valence-electron chi connectivity index (χ3n) is 3.84. The Morgan fingerprint density at radius 2 is 1.71 bits per heavy atom. The minimum Gasteiger partial charge on any atom is -0.468 e. The average Bonchev–Trinajstić information content (AvgIpc) is 2.93. The molecule has 0 aliphatic carbocycles. The lowest BCUT2D eigenvalue weighted by molar-refractivity contribution is -0.149. The predicted molar refractivity (Wildman–Crippen MR) is 78.1 cm³/mol. The number of methoxy groups -OCH3 is 2. The molecule has 0 fully saturated rings. The normalized spacial score (nSPS) is 19.7. The fourth-order valence-electron chi connectivity index (χ4n) is 2.84. The second kappa shape index (κ2) is 5.09. The van der Waals surface area contributed by atoms with Crippen LogP contribution >= 0.6 is 0 Å². The number of anilines is 1. The van der Waals surface area contributed by atoms with Gasteiger partial charge in [0.25, 0.3) is 0 Å². The number of fused-ring (bicyclic) bond motifs is 3. The van der Waals surface area contributed by atoms with Gasteiger partial charge in [-0.05, 0) is 10.9 Å². The highest BCUT2D eigenvalue weighted by atomic mass is 16.5. The van der Waals surface area contributed by atoms with Crippen molar-refractivity contribution in [3.8, 4) is 0 Å². The summed E-state index contributed by atoms with van der Waals surface area (Å²) in [6.45, 7) is 0. The number of ether oxygens (including phenoxy) is 2. The number of esters is 2. The number of carbonyl (C=O) groups is 2. The molecule has 0 saturated carbocycles. The second-order valence-electron chi connectivity index (χ2n) is 4.90. The molecule has 2 atom stereocenters. The Bertz CT molecular complexity index is 725. The molecule has 108 valence electrons. The highest BCUT2D eigenvalue weighted by molar-refractivity contribution is 6.04. The van der Waals surface area contributed by atoms with Crippen LogP contribution in [-0.2, 0) is 19.1 Å². The zero-order valence-electron chi connectivity index (χ0n) is 11.8. The molecule has 2 aromatic carbocycles. The molecule has 5 heteroatoms. The van der Waals surface area contributed by atoms with Gasteiger partial charge in [-0.3, -0.25) is 4.79 Å². The predicted octanol–water partition coefficient (Wildman–Crippen LogP) is 2.06. The van der Waals surface area contributed by atoms with Gasteiger partial charge in [0.05, 0.1) is 14.2 Å². The van der Waals surface area contributed by atoms with E-state index in [2.05, 4.69) is 5.32 Å². The van der Waals surface area contributed by atoms with Crippen LogP contribution in [0.2, 0.25) is 0 Å². The maximum absolute atomic E-state index is 12.1. The summed E-state index contributed by atoms with van der Waals surface area (Å²) in [4.78, 5) is 24.0. The molecule has 0 amide bonds. The highest BCUT2D eigenvalue weighted by Gasteiger charge is 2.43. The summed E-state index contributed by atoms with van der Waals surface area (Å²) in [5.74, 6) is -1.63. The van der Waals surface area contributed by atoms with Gasteiger partial charge in [-0.1, -0.05) is 36.4 Å². The van der Waals surface area contributed by atoms with Crippen LogP contribution < -0.4 is 5.32 Å². The van der Waals surface area contributed by atoms with Crippen molar-refractivity contribution in [1.82, 2.24) is 0 Å². The zero-order chi connectivity index (χ0) is 15.0.